The van der Waals surface area contributed by atoms with E-state index in [4.69, 9.17) is 0 Å². The van der Waals surface area contributed by atoms with Crippen molar-refractivity contribution in [3.8, 4) is 0 Å². The zero-order valence-electron chi connectivity index (χ0n) is 14.0. The number of carbonyl (C=O) groups excluding carboxylic acids is 2. The first-order valence-corrected chi connectivity index (χ1v) is 7.78. The highest BCUT2D eigenvalue weighted by Gasteiger charge is 2.23. The summed E-state index contributed by atoms with van der Waals surface area (Å²) in [5.41, 5.74) is 8.45. The molecular weight excluding hydrogens is 290 g/mol. The fourth-order valence-electron chi connectivity index (χ4n) is 2.75. The van der Waals surface area contributed by atoms with Gasteiger partial charge in [0.2, 0.25) is 0 Å². The van der Waals surface area contributed by atoms with Crippen molar-refractivity contribution in [3.63, 3.8) is 0 Å². The van der Waals surface area contributed by atoms with Crippen LogP contribution in [0.5, 0.6) is 0 Å². The van der Waals surface area contributed by atoms with Crippen molar-refractivity contribution in [3.05, 3.63) is 58.9 Å². The molecule has 2 rings (SSSR count). The molecule has 5 heteroatoms. The van der Waals surface area contributed by atoms with Gasteiger partial charge in [0.1, 0.15) is 6.04 Å². The number of hydrogen-bond donors (Lipinski definition) is 2. The van der Waals surface area contributed by atoms with Crippen LogP contribution in [0.25, 0.3) is 0 Å². The average molecular weight is 313 g/mol. The highest BCUT2D eigenvalue weighted by molar-refractivity contribution is 6.10. The Labute approximate surface area is 136 Å². The quantitative estimate of drug-likeness (QED) is 0.636. The van der Waals surface area contributed by atoms with E-state index in [9.17, 15) is 9.59 Å². The van der Waals surface area contributed by atoms with Crippen molar-refractivity contribution in [1.82, 2.24) is 15.4 Å². The standard InChI is InChI=1S/C18H23N3O2/c1-5-19-20-18(23)14(4)21-12(2)11-16(13(21)3)17(22)15-9-7-6-8-10-15/h6-11,14,19H,5H2,1-4H3,(H,20,23). The van der Waals surface area contributed by atoms with Crippen LogP contribution >= 0.6 is 0 Å². The third kappa shape index (κ3) is 3.51. The van der Waals surface area contributed by atoms with Gasteiger partial charge in [-0.2, -0.15) is 0 Å². The van der Waals surface area contributed by atoms with E-state index in [0.29, 0.717) is 17.7 Å². The number of aryl methyl sites for hydroxylation is 1. The predicted molar refractivity (Wildman–Crippen MR) is 90.3 cm³/mol. The summed E-state index contributed by atoms with van der Waals surface area (Å²) in [7, 11) is 0. The Balaban J connectivity index is 2.33. The maximum absolute atomic E-state index is 12.7. The van der Waals surface area contributed by atoms with Crippen LogP contribution in [0.1, 0.15) is 47.2 Å². The summed E-state index contributed by atoms with van der Waals surface area (Å²) in [5.74, 6) is -0.156. The number of ketones is 1. The molecule has 0 aliphatic heterocycles. The molecule has 122 valence electrons. The number of nitrogens with zero attached hydrogens (tertiary/aromatic N) is 1. The largest absolute Gasteiger partial charge is 0.336 e. The molecule has 0 aliphatic rings. The molecule has 0 radical (unpaired) electrons. The van der Waals surface area contributed by atoms with Crippen LogP contribution in [0.3, 0.4) is 0 Å². The van der Waals surface area contributed by atoms with Crippen LogP contribution in [0.4, 0.5) is 0 Å². The molecule has 1 amide bonds. The molecule has 23 heavy (non-hydrogen) atoms. The van der Waals surface area contributed by atoms with Crippen molar-refractivity contribution >= 4 is 11.7 Å². The topological polar surface area (TPSA) is 63.1 Å². The molecule has 0 saturated heterocycles. The lowest BCUT2D eigenvalue weighted by Crippen LogP contribution is -2.41. The normalized spacial score (nSPS) is 12.0. The Kier molecular flexibility index (Phi) is 5.34. The summed E-state index contributed by atoms with van der Waals surface area (Å²) in [4.78, 5) is 24.8. The monoisotopic (exact) mass is 313 g/mol. The van der Waals surface area contributed by atoms with Gasteiger partial charge < -0.3 is 4.57 Å². The van der Waals surface area contributed by atoms with E-state index in [2.05, 4.69) is 10.9 Å². The summed E-state index contributed by atoms with van der Waals surface area (Å²) in [5, 5.41) is 0. The third-order valence-corrected chi connectivity index (χ3v) is 3.92. The van der Waals surface area contributed by atoms with Crippen molar-refractivity contribution in [2.24, 2.45) is 0 Å². The van der Waals surface area contributed by atoms with Crippen molar-refractivity contribution in [2.45, 2.75) is 33.7 Å². The van der Waals surface area contributed by atoms with Crippen LogP contribution < -0.4 is 10.9 Å². The molecule has 5 nitrogen and oxygen atoms in total. The van der Waals surface area contributed by atoms with E-state index >= 15 is 0 Å². The molecule has 2 N–H and O–H groups in total. The second kappa shape index (κ2) is 7.24. The molecule has 1 aromatic heterocycles. The lowest BCUT2D eigenvalue weighted by atomic mass is 10.0. The molecule has 1 atom stereocenters. The number of nitrogens with one attached hydrogen (secondary N) is 2. The molecule has 1 heterocycles. The third-order valence-electron chi connectivity index (χ3n) is 3.92. The van der Waals surface area contributed by atoms with Gasteiger partial charge in [-0.25, -0.2) is 5.43 Å². The van der Waals surface area contributed by atoms with Crippen LogP contribution in [-0.2, 0) is 4.79 Å². The first-order valence-electron chi connectivity index (χ1n) is 7.78. The summed E-state index contributed by atoms with van der Waals surface area (Å²) < 4.78 is 1.89. The van der Waals surface area contributed by atoms with E-state index in [-0.39, 0.29) is 11.7 Å². The van der Waals surface area contributed by atoms with Gasteiger partial charge in [0.05, 0.1) is 0 Å². The first kappa shape index (κ1) is 17.0. The lowest BCUT2D eigenvalue weighted by Gasteiger charge is -2.18. The highest BCUT2D eigenvalue weighted by Crippen LogP contribution is 2.23. The SMILES string of the molecule is CCNNC(=O)C(C)n1c(C)cc(C(=O)c2ccccc2)c1C. The number of hydrogen-bond acceptors (Lipinski definition) is 3. The minimum Gasteiger partial charge on any atom is -0.336 e. The van der Waals surface area contributed by atoms with E-state index < -0.39 is 6.04 Å². The number of carbonyl (C=O) groups is 2. The van der Waals surface area contributed by atoms with Gasteiger partial charge >= 0.3 is 0 Å². The molecule has 1 unspecified atom stereocenters. The summed E-state index contributed by atoms with van der Waals surface area (Å²) >= 11 is 0. The zero-order valence-corrected chi connectivity index (χ0v) is 14.0. The molecule has 2 aromatic rings. The minimum atomic E-state index is -0.397. The number of benzene rings is 1. The summed E-state index contributed by atoms with van der Waals surface area (Å²) in [6.45, 7) is 8.17. The van der Waals surface area contributed by atoms with Crippen LogP contribution in [0.15, 0.2) is 36.4 Å². The molecule has 0 fully saturated rings. The number of rotatable bonds is 6. The Bertz CT molecular complexity index is 705. The fourth-order valence-corrected chi connectivity index (χ4v) is 2.75. The maximum atomic E-state index is 12.7. The first-order chi connectivity index (χ1) is 11.0. The number of amides is 1. The van der Waals surface area contributed by atoms with Gasteiger partial charge in [-0.15, -0.1) is 0 Å². The molecule has 0 saturated carbocycles. The zero-order chi connectivity index (χ0) is 17.0. The molecular formula is C18H23N3O2. The Hall–Kier alpha value is -2.40. The van der Waals surface area contributed by atoms with E-state index in [1.54, 1.807) is 12.1 Å². The Morgan fingerprint density at radius 3 is 2.43 bits per heavy atom. The smallest absolute Gasteiger partial charge is 0.256 e. The highest BCUT2D eigenvalue weighted by atomic mass is 16.2. The molecule has 1 aromatic carbocycles. The van der Waals surface area contributed by atoms with Crippen LogP contribution in [0.2, 0.25) is 0 Å². The predicted octanol–water partition coefficient (Wildman–Crippen LogP) is 2.54. The van der Waals surface area contributed by atoms with Crippen LogP contribution in [0, 0.1) is 13.8 Å². The van der Waals surface area contributed by atoms with Gasteiger partial charge in [-0.3, -0.25) is 15.0 Å². The van der Waals surface area contributed by atoms with Gasteiger partial charge in [-0.05, 0) is 26.8 Å². The Morgan fingerprint density at radius 2 is 1.83 bits per heavy atom. The van der Waals surface area contributed by atoms with Gasteiger partial charge in [0.15, 0.2) is 5.78 Å². The maximum Gasteiger partial charge on any atom is 0.256 e. The molecule has 0 spiro atoms. The summed E-state index contributed by atoms with van der Waals surface area (Å²) in [6.07, 6.45) is 0. The van der Waals surface area contributed by atoms with Crippen LogP contribution in [-0.4, -0.2) is 22.8 Å². The van der Waals surface area contributed by atoms with Gasteiger partial charge in [-0.1, -0.05) is 37.3 Å². The minimum absolute atomic E-state index is 0.0239. The molecule has 0 bridgehead atoms. The van der Waals surface area contributed by atoms with E-state index in [0.717, 1.165) is 11.4 Å². The second-order valence-corrected chi connectivity index (χ2v) is 5.55. The van der Waals surface area contributed by atoms with Crippen molar-refractivity contribution < 1.29 is 9.59 Å². The number of aromatic nitrogens is 1. The Morgan fingerprint density at radius 1 is 1.17 bits per heavy atom. The lowest BCUT2D eigenvalue weighted by molar-refractivity contribution is -0.124. The van der Waals surface area contributed by atoms with Crippen molar-refractivity contribution in [2.75, 3.05) is 6.54 Å². The van der Waals surface area contributed by atoms with E-state index in [1.807, 2.05) is 56.5 Å². The van der Waals surface area contributed by atoms with Gasteiger partial charge in [0.25, 0.3) is 5.91 Å². The molecule has 0 aliphatic carbocycles. The van der Waals surface area contributed by atoms with Gasteiger partial charge in [0, 0.05) is 29.1 Å². The summed E-state index contributed by atoms with van der Waals surface area (Å²) in [6, 6.07) is 10.6. The van der Waals surface area contributed by atoms with E-state index in [1.165, 1.54) is 0 Å². The number of hydrazine groups is 1. The fraction of sp³-hybridized carbons (Fsp3) is 0.333. The van der Waals surface area contributed by atoms with Crippen molar-refractivity contribution in [1.29, 1.82) is 0 Å². The average Bonchev–Trinajstić information content (AvgIpc) is 2.86. The second-order valence-electron chi connectivity index (χ2n) is 5.55.